The zero-order chi connectivity index (χ0) is 12.1. The zero-order valence-electron chi connectivity index (χ0n) is 10.00. The van der Waals surface area contributed by atoms with Gasteiger partial charge < -0.3 is 9.64 Å². The molecular weight excluding hydrogens is 343 g/mol. The minimum atomic E-state index is 0.593. The predicted octanol–water partition coefficient (Wildman–Crippen LogP) is 0.743. The second kappa shape index (κ2) is 4.28. The highest BCUT2D eigenvalue weighted by Gasteiger charge is 2.47. The number of ether oxygens (including phenoxy) is 1. The molecule has 3 saturated heterocycles. The van der Waals surface area contributed by atoms with Crippen molar-refractivity contribution in [1.82, 2.24) is 14.9 Å². The minimum Gasteiger partial charge on any atom is -0.378 e. The highest BCUT2D eigenvalue weighted by molar-refractivity contribution is 14.1. The van der Waals surface area contributed by atoms with E-state index in [0.29, 0.717) is 18.1 Å². The van der Waals surface area contributed by atoms with Gasteiger partial charge in [0.2, 0.25) is 5.95 Å². The van der Waals surface area contributed by atoms with Crippen molar-refractivity contribution >= 4 is 28.5 Å². The molecule has 0 spiro atoms. The third-order valence-electron chi connectivity index (χ3n) is 4.24. The fourth-order valence-electron chi connectivity index (χ4n) is 3.26. The van der Waals surface area contributed by atoms with Gasteiger partial charge in [0.15, 0.2) is 0 Å². The van der Waals surface area contributed by atoms with Crippen LogP contribution >= 0.6 is 22.6 Å². The van der Waals surface area contributed by atoms with Gasteiger partial charge >= 0.3 is 0 Å². The third-order valence-corrected chi connectivity index (χ3v) is 4.79. The Labute approximate surface area is 120 Å². The summed E-state index contributed by atoms with van der Waals surface area (Å²) in [6.07, 6.45) is 5.05. The molecule has 0 saturated carbocycles. The molecule has 2 atom stereocenters. The monoisotopic (exact) mass is 358 g/mol. The Morgan fingerprint density at radius 2 is 1.89 bits per heavy atom. The van der Waals surface area contributed by atoms with Crippen LogP contribution in [0.5, 0.6) is 0 Å². The summed E-state index contributed by atoms with van der Waals surface area (Å²) in [5.74, 6) is 0.896. The molecule has 4 rings (SSSR count). The number of rotatable bonds is 2. The number of anilines is 1. The Morgan fingerprint density at radius 1 is 1.11 bits per heavy atom. The molecule has 6 heteroatoms. The summed E-state index contributed by atoms with van der Waals surface area (Å²) in [4.78, 5) is 13.9. The van der Waals surface area contributed by atoms with Crippen LogP contribution in [0.4, 0.5) is 5.95 Å². The van der Waals surface area contributed by atoms with Gasteiger partial charge in [-0.15, -0.1) is 0 Å². The number of likely N-dealkylation sites (tertiary alicyclic amines) is 1. The van der Waals surface area contributed by atoms with Gasteiger partial charge in [0, 0.05) is 41.1 Å². The lowest BCUT2D eigenvalue weighted by Gasteiger charge is -2.42. The smallest absolute Gasteiger partial charge is 0.225 e. The lowest BCUT2D eigenvalue weighted by Crippen LogP contribution is -2.57. The molecule has 1 aromatic rings. The maximum Gasteiger partial charge on any atom is 0.225 e. The van der Waals surface area contributed by atoms with Crippen LogP contribution in [0.1, 0.15) is 6.42 Å². The van der Waals surface area contributed by atoms with Crippen molar-refractivity contribution < 1.29 is 4.74 Å². The summed E-state index contributed by atoms with van der Waals surface area (Å²) in [5.41, 5.74) is 0. The van der Waals surface area contributed by atoms with Crippen LogP contribution in [0.3, 0.4) is 0 Å². The van der Waals surface area contributed by atoms with Crippen LogP contribution in [0.2, 0.25) is 0 Å². The van der Waals surface area contributed by atoms with Gasteiger partial charge in [0.25, 0.3) is 0 Å². The highest BCUT2D eigenvalue weighted by Crippen LogP contribution is 2.35. The molecular formula is C12H15IN4O. The Bertz CT molecular complexity index is 450. The van der Waals surface area contributed by atoms with Crippen molar-refractivity contribution in [2.75, 3.05) is 31.2 Å². The van der Waals surface area contributed by atoms with Crippen LogP contribution in [0.15, 0.2) is 12.4 Å². The number of hydrogen-bond donors (Lipinski definition) is 0. The molecule has 96 valence electrons. The summed E-state index contributed by atoms with van der Waals surface area (Å²) in [6, 6.07) is 1.93. The maximum absolute atomic E-state index is 5.30. The largest absolute Gasteiger partial charge is 0.378 e. The molecule has 3 fully saturated rings. The van der Waals surface area contributed by atoms with E-state index >= 15 is 0 Å². The first kappa shape index (κ1) is 11.4. The molecule has 18 heavy (non-hydrogen) atoms. The van der Waals surface area contributed by atoms with Crippen LogP contribution in [-0.2, 0) is 4.74 Å². The number of halogens is 1. The van der Waals surface area contributed by atoms with Gasteiger partial charge in [-0.2, -0.15) is 0 Å². The fraction of sp³-hybridized carbons (Fsp3) is 0.667. The molecule has 3 aliphatic rings. The van der Waals surface area contributed by atoms with Crippen LogP contribution in [0, 0.1) is 3.57 Å². The average Bonchev–Trinajstić information content (AvgIpc) is 2.87. The molecule has 0 aromatic carbocycles. The quantitative estimate of drug-likeness (QED) is 0.730. The number of fused-ring (bicyclic) bond motifs is 2. The molecule has 2 bridgehead atoms. The summed E-state index contributed by atoms with van der Waals surface area (Å²) in [6.45, 7) is 4.06. The lowest BCUT2D eigenvalue weighted by molar-refractivity contribution is -0.0708. The SMILES string of the molecule is Ic1cnc(N2C[C@H]3C[C@@H]2CN3C2COC2)nc1. The topological polar surface area (TPSA) is 41.5 Å². The van der Waals surface area contributed by atoms with Crippen molar-refractivity contribution in [3.63, 3.8) is 0 Å². The number of piperazine rings is 1. The normalized spacial score (nSPS) is 31.9. The van der Waals surface area contributed by atoms with Crippen LogP contribution in [-0.4, -0.2) is 59.3 Å². The summed E-state index contributed by atoms with van der Waals surface area (Å²) < 4.78 is 6.39. The third kappa shape index (κ3) is 1.73. The number of hydrogen-bond acceptors (Lipinski definition) is 5. The van der Waals surface area contributed by atoms with E-state index in [0.717, 1.165) is 35.8 Å². The average molecular weight is 358 g/mol. The highest BCUT2D eigenvalue weighted by atomic mass is 127. The van der Waals surface area contributed by atoms with Crippen molar-refractivity contribution in [2.24, 2.45) is 0 Å². The number of nitrogens with zero attached hydrogens (tertiary/aromatic N) is 4. The van der Waals surface area contributed by atoms with Gasteiger partial charge in [-0.25, -0.2) is 9.97 Å². The van der Waals surface area contributed by atoms with E-state index in [-0.39, 0.29) is 0 Å². The standard InChI is InChI=1S/C12H15IN4O/c13-8-2-14-12(15-3-8)17-5-9-1-10(17)4-16(9)11-6-18-7-11/h2-3,9-11H,1,4-7H2/t9-,10-/m1/s1. The van der Waals surface area contributed by atoms with Crippen molar-refractivity contribution in [3.8, 4) is 0 Å². The zero-order valence-corrected chi connectivity index (χ0v) is 12.2. The minimum absolute atomic E-state index is 0.593. The van der Waals surface area contributed by atoms with E-state index < -0.39 is 0 Å². The fourth-order valence-corrected chi connectivity index (χ4v) is 3.54. The lowest BCUT2D eigenvalue weighted by atomic mass is 10.2. The molecule has 3 aliphatic heterocycles. The van der Waals surface area contributed by atoms with Gasteiger partial charge in [0.1, 0.15) is 0 Å². The second-order valence-electron chi connectivity index (χ2n) is 5.29. The molecule has 0 amide bonds. The van der Waals surface area contributed by atoms with Crippen molar-refractivity contribution in [3.05, 3.63) is 16.0 Å². The summed E-state index contributed by atoms with van der Waals surface area (Å²) in [5, 5.41) is 0. The van der Waals surface area contributed by atoms with Gasteiger partial charge in [-0.05, 0) is 29.0 Å². The Hall–Kier alpha value is -0.470. The van der Waals surface area contributed by atoms with E-state index in [9.17, 15) is 0 Å². The molecule has 0 N–H and O–H groups in total. The second-order valence-corrected chi connectivity index (χ2v) is 6.53. The van der Waals surface area contributed by atoms with Gasteiger partial charge in [-0.3, -0.25) is 4.90 Å². The molecule has 5 nitrogen and oxygen atoms in total. The van der Waals surface area contributed by atoms with E-state index in [4.69, 9.17) is 4.74 Å². The molecule has 0 unspecified atom stereocenters. The molecule has 1 aromatic heterocycles. The van der Waals surface area contributed by atoms with Gasteiger partial charge in [0.05, 0.1) is 19.3 Å². The van der Waals surface area contributed by atoms with E-state index in [1.165, 1.54) is 6.42 Å². The van der Waals surface area contributed by atoms with Crippen molar-refractivity contribution in [2.45, 2.75) is 24.5 Å². The van der Waals surface area contributed by atoms with Crippen LogP contribution in [0.25, 0.3) is 0 Å². The van der Waals surface area contributed by atoms with Crippen LogP contribution < -0.4 is 4.90 Å². The van der Waals surface area contributed by atoms with E-state index in [1.54, 1.807) is 0 Å². The summed E-state index contributed by atoms with van der Waals surface area (Å²) in [7, 11) is 0. The Kier molecular flexibility index (Phi) is 2.70. The maximum atomic E-state index is 5.30. The van der Waals surface area contributed by atoms with Gasteiger partial charge in [-0.1, -0.05) is 0 Å². The first-order valence-corrected chi connectivity index (χ1v) is 7.47. The molecule has 4 heterocycles. The summed E-state index contributed by atoms with van der Waals surface area (Å²) >= 11 is 2.24. The first-order chi connectivity index (χ1) is 8.81. The van der Waals surface area contributed by atoms with E-state index in [1.807, 2.05) is 12.4 Å². The van der Waals surface area contributed by atoms with E-state index in [2.05, 4.69) is 42.4 Å². The van der Waals surface area contributed by atoms with Crippen molar-refractivity contribution in [1.29, 1.82) is 0 Å². The molecule has 0 radical (unpaired) electrons. The predicted molar refractivity (Wildman–Crippen MR) is 75.6 cm³/mol. The number of aromatic nitrogens is 2. The first-order valence-electron chi connectivity index (χ1n) is 6.39. The Balaban J connectivity index is 1.49. The molecule has 0 aliphatic carbocycles. The Morgan fingerprint density at radius 3 is 2.44 bits per heavy atom.